The van der Waals surface area contributed by atoms with E-state index in [1.54, 1.807) is 26.0 Å². The van der Waals surface area contributed by atoms with Crippen LogP contribution in [0.25, 0.3) is 20.4 Å². The number of nitro groups is 2. The highest BCUT2D eigenvalue weighted by atomic mass is 32.2. The topological polar surface area (TPSA) is 246 Å². The minimum Gasteiger partial charge on any atom is -0.425 e. The summed E-state index contributed by atoms with van der Waals surface area (Å²) in [7, 11) is -9.49. The highest BCUT2D eigenvalue weighted by Crippen LogP contribution is 2.37. The molecule has 0 spiro atoms. The number of carbonyl (C=O) groups excluding carboxylic acids is 2. The maximum absolute atomic E-state index is 14.3. The standard InChI is InChI=1S/C38H36N8O12S4/c1-23-39-29-15-13-27(21-33(29)59-23)43(61(53,54)35-11-7-5-9-31(35)45(49)50)25(3)57-37(47)41-17-19-42(20-18-41)38(48)58-26(4)44(28-14-16-30-34(22-28)60-24(2)40-30)62(55,56)36-12-8-6-10-32(36)46(51)52/h5-16,21-22,25-26H,17-20H2,1-4H3/t25-,26-/m1/s1. The molecule has 1 saturated heterocycles. The summed E-state index contributed by atoms with van der Waals surface area (Å²) in [6.45, 7) is 5.72. The van der Waals surface area contributed by atoms with Gasteiger partial charge < -0.3 is 19.3 Å². The quantitative estimate of drug-likeness (QED) is 0.0681. The number of thiazole rings is 2. The van der Waals surface area contributed by atoms with Gasteiger partial charge in [-0.15, -0.1) is 22.7 Å². The van der Waals surface area contributed by atoms with Gasteiger partial charge in [-0.1, -0.05) is 24.3 Å². The zero-order chi connectivity index (χ0) is 44.7. The third-order valence-electron chi connectivity index (χ3n) is 9.66. The third-order valence-corrected chi connectivity index (χ3v) is 15.4. The summed E-state index contributed by atoms with van der Waals surface area (Å²) in [6, 6.07) is 18.8. The molecule has 20 nitrogen and oxygen atoms in total. The molecule has 0 radical (unpaired) electrons. The lowest BCUT2D eigenvalue weighted by molar-refractivity contribution is -0.388. The molecule has 0 aliphatic carbocycles. The van der Waals surface area contributed by atoms with Crippen molar-refractivity contribution in [1.29, 1.82) is 0 Å². The molecule has 0 bridgehead atoms. The number of benzene rings is 4. The number of piperazine rings is 1. The highest BCUT2D eigenvalue weighted by Gasteiger charge is 2.40. The van der Waals surface area contributed by atoms with Crippen molar-refractivity contribution >= 4 is 98.1 Å². The summed E-state index contributed by atoms with van der Waals surface area (Å²) >= 11 is 2.59. The van der Waals surface area contributed by atoms with E-state index < -0.39 is 75.7 Å². The number of hydrogen-bond donors (Lipinski definition) is 0. The van der Waals surface area contributed by atoms with E-state index >= 15 is 0 Å². The first-order valence-corrected chi connectivity index (χ1v) is 23.1. The summed E-state index contributed by atoms with van der Waals surface area (Å²) in [5.74, 6) is 0. The van der Waals surface area contributed by atoms with Gasteiger partial charge in [-0.3, -0.25) is 20.2 Å². The number of amides is 2. The van der Waals surface area contributed by atoms with Gasteiger partial charge in [0.1, 0.15) is 0 Å². The van der Waals surface area contributed by atoms with Crippen molar-refractivity contribution < 1.29 is 45.7 Å². The summed E-state index contributed by atoms with van der Waals surface area (Å²) < 4.78 is 71.3. The first-order valence-electron chi connectivity index (χ1n) is 18.6. The molecule has 4 aromatic carbocycles. The fourth-order valence-corrected chi connectivity index (χ4v) is 12.0. The summed E-state index contributed by atoms with van der Waals surface area (Å²) in [5, 5.41) is 25.2. The van der Waals surface area contributed by atoms with Gasteiger partial charge in [-0.2, -0.15) is 0 Å². The van der Waals surface area contributed by atoms with Gasteiger partial charge in [0.15, 0.2) is 22.2 Å². The molecule has 1 aliphatic rings. The Hall–Kier alpha value is -6.50. The van der Waals surface area contributed by atoms with E-state index in [2.05, 4.69) is 9.97 Å². The number of nitrogens with zero attached hydrogens (tertiary/aromatic N) is 8. The molecule has 1 aliphatic heterocycles. The second kappa shape index (κ2) is 17.1. The average molecular weight is 925 g/mol. The molecular formula is C38H36N8O12S4. The van der Waals surface area contributed by atoms with E-state index in [0.717, 1.165) is 32.9 Å². The van der Waals surface area contributed by atoms with Crippen molar-refractivity contribution in [2.45, 2.75) is 49.9 Å². The van der Waals surface area contributed by atoms with Crippen molar-refractivity contribution in [3.05, 3.63) is 115 Å². The lowest BCUT2D eigenvalue weighted by atomic mass is 10.3. The number of fused-ring (bicyclic) bond motifs is 2. The second-order valence-electron chi connectivity index (χ2n) is 13.8. The van der Waals surface area contributed by atoms with Crippen LogP contribution in [0.4, 0.5) is 32.3 Å². The van der Waals surface area contributed by atoms with Crippen LogP contribution in [-0.2, 0) is 29.5 Å². The first-order chi connectivity index (χ1) is 29.4. The number of anilines is 2. The Labute approximate surface area is 361 Å². The lowest BCUT2D eigenvalue weighted by Crippen LogP contribution is -2.53. The predicted octanol–water partition coefficient (Wildman–Crippen LogP) is 7.01. The van der Waals surface area contributed by atoms with Crippen LogP contribution in [0.1, 0.15) is 23.9 Å². The van der Waals surface area contributed by atoms with Gasteiger partial charge in [0.05, 0.1) is 51.7 Å². The van der Waals surface area contributed by atoms with Crippen LogP contribution < -0.4 is 8.61 Å². The number of sulfonamides is 2. The molecule has 1 fully saturated rings. The van der Waals surface area contributed by atoms with Crippen LogP contribution in [0, 0.1) is 34.1 Å². The SMILES string of the molecule is Cc1nc2ccc(N([C@@H](C)OC(=O)N3CCN(C(=O)O[C@H](C)N(c4ccc5nc(C)sc5c4)S(=O)(=O)c4ccccc4[N+](=O)[O-])CC3)S(=O)(=O)c3ccccc3[N+](=O)[O-])cc2s1. The normalized spacial score (nSPS) is 14.3. The van der Waals surface area contributed by atoms with Crippen LogP contribution in [0.3, 0.4) is 0 Å². The number of rotatable bonds is 12. The van der Waals surface area contributed by atoms with Crippen molar-refractivity contribution in [2.24, 2.45) is 0 Å². The number of ether oxygens (including phenoxy) is 2. The summed E-state index contributed by atoms with van der Waals surface area (Å²) in [6.07, 6.45) is -4.98. The van der Waals surface area contributed by atoms with Crippen molar-refractivity contribution in [1.82, 2.24) is 19.8 Å². The van der Waals surface area contributed by atoms with Crippen LogP contribution in [-0.4, -0.2) is 97.3 Å². The van der Waals surface area contributed by atoms with Gasteiger partial charge in [0.2, 0.25) is 0 Å². The Bertz CT molecular complexity index is 2770. The number of hydrogen-bond acceptors (Lipinski definition) is 16. The van der Waals surface area contributed by atoms with E-state index in [9.17, 15) is 46.7 Å². The minimum absolute atomic E-state index is 0.0568. The number of nitro benzene ring substituents is 2. The average Bonchev–Trinajstić information content (AvgIpc) is 3.80. The maximum atomic E-state index is 14.3. The lowest BCUT2D eigenvalue weighted by Gasteiger charge is -2.37. The first kappa shape index (κ1) is 43.6. The largest absolute Gasteiger partial charge is 0.425 e. The monoisotopic (exact) mass is 924 g/mol. The zero-order valence-corrected chi connectivity index (χ0v) is 36.4. The van der Waals surface area contributed by atoms with Crippen molar-refractivity contribution in [3.63, 3.8) is 0 Å². The van der Waals surface area contributed by atoms with E-state index in [-0.39, 0.29) is 37.6 Å². The molecular weight excluding hydrogens is 889 g/mol. The van der Waals surface area contributed by atoms with Gasteiger partial charge in [0, 0.05) is 38.3 Å². The molecule has 0 saturated carbocycles. The highest BCUT2D eigenvalue weighted by molar-refractivity contribution is 7.93. The fraction of sp³-hybridized carbons (Fsp3) is 0.263. The van der Waals surface area contributed by atoms with E-state index in [0.29, 0.717) is 30.4 Å². The smallest absolute Gasteiger partial charge is 0.411 e. The van der Waals surface area contributed by atoms with Crippen LogP contribution >= 0.6 is 22.7 Å². The Morgan fingerprint density at radius 1 is 0.645 bits per heavy atom. The number of aromatic nitrogens is 2. The zero-order valence-electron chi connectivity index (χ0n) is 33.2. The molecule has 2 aromatic heterocycles. The van der Waals surface area contributed by atoms with Gasteiger partial charge in [-0.05, 0) is 76.2 Å². The maximum Gasteiger partial charge on any atom is 0.411 e. The van der Waals surface area contributed by atoms with E-state index in [1.807, 2.05) is 0 Å². The molecule has 3 heterocycles. The van der Waals surface area contributed by atoms with Crippen molar-refractivity contribution in [3.8, 4) is 0 Å². The summed E-state index contributed by atoms with van der Waals surface area (Å²) in [4.78, 5) is 59.4. The minimum atomic E-state index is -4.74. The molecule has 2 atom stereocenters. The van der Waals surface area contributed by atoms with Gasteiger partial charge in [0.25, 0.3) is 31.4 Å². The van der Waals surface area contributed by atoms with Gasteiger partial charge >= 0.3 is 12.2 Å². The van der Waals surface area contributed by atoms with Crippen LogP contribution in [0.5, 0.6) is 0 Å². The Morgan fingerprint density at radius 2 is 1.00 bits per heavy atom. The molecule has 0 N–H and O–H groups in total. The van der Waals surface area contributed by atoms with E-state index in [4.69, 9.17) is 9.47 Å². The van der Waals surface area contributed by atoms with Crippen LogP contribution in [0.15, 0.2) is 94.7 Å². The molecule has 2 amide bonds. The fourth-order valence-electron chi connectivity index (χ4n) is 6.89. The third kappa shape index (κ3) is 8.53. The van der Waals surface area contributed by atoms with E-state index in [1.165, 1.54) is 94.9 Å². The molecule has 62 heavy (non-hydrogen) atoms. The molecule has 0 unspecified atom stereocenters. The van der Waals surface area contributed by atoms with Crippen LogP contribution in [0.2, 0.25) is 0 Å². The predicted molar refractivity (Wildman–Crippen MR) is 229 cm³/mol. The number of para-hydroxylation sites is 2. The molecule has 324 valence electrons. The Kier molecular flexibility index (Phi) is 12.0. The summed E-state index contributed by atoms with van der Waals surface area (Å²) in [5.41, 5.74) is -0.0571. The Balaban J connectivity index is 1.08. The molecule has 24 heteroatoms. The van der Waals surface area contributed by atoms with Gasteiger partial charge in [-0.25, -0.2) is 45.0 Å². The molecule has 7 rings (SSSR count). The molecule has 6 aromatic rings. The number of carbonyl (C=O) groups is 2. The van der Waals surface area contributed by atoms with Crippen molar-refractivity contribution in [2.75, 3.05) is 34.8 Å². The second-order valence-corrected chi connectivity index (χ2v) is 19.8. The number of aryl methyl sites for hydroxylation is 2. The Morgan fingerprint density at radius 3 is 1.35 bits per heavy atom.